The van der Waals surface area contributed by atoms with Crippen molar-refractivity contribution in [2.75, 3.05) is 13.1 Å². The molecule has 0 spiro atoms. The summed E-state index contributed by atoms with van der Waals surface area (Å²) < 4.78 is 0. The van der Waals surface area contributed by atoms with Gasteiger partial charge in [-0.2, -0.15) is 0 Å². The average Bonchev–Trinajstić information content (AvgIpc) is 3.02. The summed E-state index contributed by atoms with van der Waals surface area (Å²) >= 11 is 0. The Balaban J connectivity index is 1.85. The molecular formula is C10H15N5O. The molecule has 1 aromatic rings. The standard InChI is InChI=1S/C10H15N5O/c11-5-1-2-6-12-10(16)9-13-8(14-15-9)7-3-4-7/h1-2,7H,3-6,11H2,(H,12,16)(H,13,14,15)/b2-1+. The molecule has 6 heteroatoms. The predicted octanol–water partition coefficient (Wildman–Crippen LogP) is -0.0732. The number of aromatic amines is 1. The molecule has 0 bridgehead atoms. The highest BCUT2D eigenvalue weighted by Gasteiger charge is 2.27. The van der Waals surface area contributed by atoms with Gasteiger partial charge in [-0.15, -0.1) is 5.10 Å². The summed E-state index contributed by atoms with van der Waals surface area (Å²) in [4.78, 5) is 15.7. The first-order valence-corrected chi connectivity index (χ1v) is 5.37. The van der Waals surface area contributed by atoms with Crippen LogP contribution >= 0.6 is 0 Å². The quantitative estimate of drug-likeness (QED) is 0.606. The minimum absolute atomic E-state index is 0.211. The number of hydrogen-bond acceptors (Lipinski definition) is 4. The normalized spacial score (nSPS) is 15.6. The van der Waals surface area contributed by atoms with E-state index in [2.05, 4.69) is 20.5 Å². The fourth-order valence-corrected chi connectivity index (χ4v) is 1.33. The molecule has 2 rings (SSSR count). The van der Waals surface area contributed by atoms with E-state index in [0.717, 1.165) is 18.7 Å². The van der Waals surface area contributed by atoms with Crippen LogP contribution in [0.5, 0.6) is 0 Å². The smallest absolute Gasteiger partial charge is 0.291 e. The Bertz CT molecular complexity index is 394. The highest BCUT2D eigenvalue weighted by Crippen LogP contribution is 2.37. The van der Waals surface area contributed by atoms with Crippen LogP contribution in [-0.4, -0.2) is 34.2 Å². The Labute approximate surface area is 93.3 Å². The number of amides is 1. The van der Waals surface area contributed by atoms with Crippen LogP contribution in [0.25, 0.3) is 0 Å². The lowest BCUT2D eigenvalue weighted by Crippen LogP contribution is -2.24. The van der Waals surface area contributed by atoms with Crippen LogP contribution < -0.4 is 11.1 Å². The number of carbonyl (C=O) groups is 1. The zero-order chi connectivity index (χ0) is 11.4. The Morgan fingerprint density at radius 3 is 3.06 bits per heavy atom. The topological polar surface area (TPSA) is 96.7 Å². The maximum absolute atomic E-state index is 11.5. The summed E-state index contributed by atoms with van der Waals surface area (Å²) in [5.41, 5.74) is 5.27. The molecule has 1 heterocycles. The molecule has 0 aliphatic heterocycles. The van der Waals surface area contributed by atoms with E-state index in [9.17, 15) is 4.79 Å². The van der Waals surface area contributed by atoms with Crippen molar-refractivity contribution in [1.82, 2.24) is 20.5 Å². The summed E-state index contributed by atoms with van der Waals surface area (Å²) in [6.45, 7) is 0.922. The molecule has 0 radical (unpaired) electrons. The second kappa shape index (κ2) is 4.89. The van der Waals surface area contributed by atoms with Gasteiger partial charge in [0.2, 0.25) is 5.82 Å². The van der Waals surface area contributed by atoms with Crippen molar-refractivity contribution in [2.24, 2.45) is 5.73 Å². The molecular weight excluding hydrogens is 206 g/mol. The molecule has 0 saturated heterocycles. The van der Waals surface area contributed by atoms with Gasteiger partial charge in [0.1, 0.15) is 5.82 Å². The highest BCUT2D eigenvalue weighted by molar-refractivity contribution is 5.90. The van der Waals surface area contributed by atoms with Gasteiger partial charge in [-0.25, -0.2) is 4.98 Å². The summed E-state index contributed by atoms with van der Waals surface area (Å²) in [6.07, 6.45) is 5.85. The molecule has 0 unspecified atom stereocenters. The van der Waals surface area contributed by atoms with Crippen molar-refractivity contribution < 1.29 is 4.79 Å². The number of nitrogens with zero attached hydrogens (tertiary/aromatic N) is 2. The summed E-state index contributed by atoms with van der Waals surface area (Å²) in [7, 11) is 0. The lowest BCUT2D eigenvalue weighted by Gasteiger charge is -1.96. The van der Waals surface area contributed by atoms with Crippen molar-refractivity contribution in [3.63, 3.8) is 0 Å². The average molecular weight is 221 g/mol. The Hall–Kier alpha value is -1.69. The Kier molecular flexibility index (Phi) is 3.31. The summed E-state index contributed by atoms with van der Waals surface area (Å²) in [5.74, 6) is 1.25. The third-order valence-electron chi connectivity index (χ3n) is 2.35. The maximum atomic E-state index is 11.5. The number of hydrogen-bond donors (Lipinski definition) is 3. The molecule has 86 valence electrons. The van der Waals surface area contributed by atoms with Crippen LogP contribution in [-0.2, 0) is 0 Å². The molecule has 1 aliphatic rings. The van der Waals surface area contributed by atoms with E-state index in [1.54, 1.807) is 12.2 Å². The summed E-state index contributed by atoms with van der Waals surface area (Å²) in [5, 5.41) is 9.35. The number of aromatic nitrogens is 3. The van der Waals surface area contributed by atoms with Crippen LogP contribution in [0.3, 0.4) is 0 Å². The second-order valence-corrected chi connectivity index (χ2v) is 3.74. The third kappa shape index (κ3) is 2.66. The molecule has 1 aliphatic carbocycles. The molecule has 6 nitrogen and oxygen atoms in total. The van der Waals surface area contributed by atoms with E-state index < -0.39 is 0 Å². The van der Waals surface area contributed by atoms with Crippen molar-refractivity contribution in [2.45, 2.75) is 18.8 Å². The zero-order valence-corrected chi connectivity index (χ0v) is 8.94. The molecule has 0 atom stereocenters. The minimum atomic E-state index is -0.259. The SMILES string of the molecule is NC/C=C/CNC(=O)c1n[nH]c(C2CC2)n1. The zero-order valence-electron chi connectivity index (χ0n) is 8.94. The number of carbonyl (C=O) groups excluding carboxylic acids is 1. The van der Waals surface area contributed by atoms with E-state index in [4.69, 9.17) is 5.73 Å². The van der Waals surface area contributed by atoms with Crippen molar-refractivity contribution in [3.05, 3.63) is 23.8 Å². The van der Waals surface area contributed by atoms with Crippen LogP contribution in [0.4, 0.5) is 0 Å². The summed E-state index contributed by atoms with van der Waals surface area (Å²) in [6, 6.07) is 0. The molecule has 1 amide bonds. The second-order valence-electron chi connectivity index (χ2n) is 3.74. The largest absolute Gasteiger partial charge is 0.346 e. The van der Waals surface area contributed by atoms with Crippen LogP contribution in [0.15, 0.2) is 12.2 Å². The molecule has 4 N–H and O–H groups in total. The Morgan fingerprint density at radius 1 is 1.56 bits per heavy atom. The fraction of sp³-hybridized carbons (Fsp3) is 0.500. The molecule has 1 aromatic heterocycles. The van der Waals surface area contributed by atoms with Gasteiger partial charge in [-0.3, -0.25) is 9.89 Å². The van der Waals surface area contributed by atoms with Crippen molar-refractivity contribution >= 4 is 5.91 Å². The van der Waals surface area contributed by atoms with Gasteiger partial charge in [0.15, 0.2) is 0 Å². The van der Waals surface area contributed by atoms with Gasteiger partial charge in [-0.05, 0) is 12.8 Å². The third-order valence-corrected chi connectivity index (χ3v) is 2.35. The fourth-order valence-electron chi connectivity index (χ4n) is 1.33. The van der Waals surface area contributed by atoms with E-state index in [1.807, 2.05) is 0 Å². The van der Waals surface area contributed by atoms with Gasteiger partial charge < -0.3 is 11.1 Å². The van der Waals surface area contributed by atoms with Gasteiger partial charge in [-0.1, -0.05) is 12.2 Å². The van der Waals surface area contributed by atoms with Crippen molar-refractivity contribution in [1.29, 1.82) is 0 Å². The number of H-pyrrole nitrogens is 1. The first kappa shape index (κ1) is 10.8. The van der Waals surface area contributed by atoms with E-state index in [0.29, 0.717) is 19.0 Å². The first-order valence-electron chi connectivity index (χ1n) is 5.37. The van der Waals surface area contributed by atoms with Crippen molar-refractivity contribution in [3.8, 4) is 0 Å². The van der Waals surface area contributed by atoms with Gasteiger partial charge in [0.05, 0.1) is 0 Å². The lowest BCUT2D eigenvalue weighted by atomic mass is 10.4. The van der Waals surface area contributed by atoms with E-state index in [-0.39, 0.29) is 11.7 Å². The lowest BCUT2D eigenvalue weighted by molar-refractivity contribution is 0.0948. The van der Waals surface area contributed by atoms with E-state index in [1.165, 1.54) is 0 Å². The van der Waals surface area contributed by atoms with Crippen LogP contribution in [0, 0.1) is 0 Å². The first-order chi connectivity index (χ1) is 7.81. The maximum Gasteiger partial charge on any atom is 0.291 e. The van der Waals surface area contributed by atoms with Gasteiger partial charge >= 0.3 is 0 Å². The molecule has 1 saturated carbocycles. The number of nitrogens with two attached hydrogens (primary N) is 1. The highest BCUT2D eigenvalue weighted by atomic mass is 16.2. The van der Waals surface area contributed by atoms with Gasteiger partial charge in [0, 0.05) is 19.0 Å². The monoisotopic (exact) mass is 221 g/mol. The Morgan fingerprint density at radius 2 is 2.38 bits per heavy atom. The van der Waals surface area contributed by atoms with Crippen LogP contribution in [0.2, 0.25) is 0 Å². The molecule has 16 heavy (non-hydrogen) atoms. The molecule has 1 fully saturated rings. The molecule has 0 aromatic carbocycles. The van der Waals surface area contributed by atoms with Gasteiger partial charge in [0.25, 0.3) is 5.91 Å². The predicted molar refractivity (Wildman–Crippen MR) is 58.9 cm³/mol. The van der Waals surface area contributed by atoms with Crippen LogP contribution in [0.1, 0.15) is 35.2 Å². The number of rotatable bonds is 5. The van der Waals surface area contributed by atoms with E-state index >= 15 is 0 Å². The number of nitrogens with one attached hydrogen (secondary N) is 2. The minimum Gasteiger partial charge on any atom is -0.346 e.